The number of aryl methyl sites for hydroxylation is 2. The fourth-order valence-electron chi connectivity index (χ4n) is 3.91. The van der Waals surface area contributed by atoms with Gasteiger partial charge in [-0.2, -0.15) is 0 Å². The summed E-state index contributed by atoms with van der Waals surface area (Å²) in [7, 11) is 0. The van der Waals surface area contributed by atoms with Gasteiger partial charge in [0.25, 0.3) is 0 Å². The van der Waals surface area contributed by atoms with Gasteiger partial charge in [-0.3, -0.25) is 4.79 Å². The molecule has 0 saturated heterocycles. The van der Waals surface area contributed by atoms with Crippen LogP contribution in [0.2, 0.25) is 0 Å². The molecular weight excluding hydrogens is 266 g/mol. The summed E-state index contributed by atoms with van der Waals surface area (Å²) in [6.07, 6.45) is 3.44. The van der Waals surface area contributed by atoms with Gasteiger partial charge in [-0.1, -0.05) is 35.7 Å². The van der Waals surface area contributed by atoms with Crippen molar-refractivity contribution in [2.75, 3.05) is 0 Å². The van der Waals surface area contributed by atoms with Gasteiger partial charge in [0, 0.05) is 5.92 Å². The summed E-state index contributed by atoms with van der Waals surface area (Å²) < 4.78 is 0. The number of benzene rings is 1. The molecule has 4 heteroatoms. The fraction of sp³-hybridized carbons (Fsp3) is 0.529. The Kier molecular flexibility index (Phi) is 3.47. The van der Waals surface area contributed by atoms with Gasteiger partial charge in [0.2, 0.25) is 5.91 Å². The van der Waals surface area contributed by atoms with Crippen LogP contribution in [0.25, 0.3) is 0 Å². The second kappa shape index (κ2) is 5.17. The molecule has 0 radical (unpaired) electrons. The zero-order valence-electron chi connectivity index (χ0n) is 12.4. The van der Waals surface area contributed by atoms with E-state index in [2.05, 4.69) is 5.32 Å². The predicted molar refractivity (Wildman–Crippen MR) is 78.8 cm³/mol. The van der Waals surface area contributed by atoms with Crippen molar-refractivity contribution in [1.29, 1.82) is 0 Å². The van der Waals surface area contributed by atoms with E-state index < -0.39 is 12.0 Å². The van der Waals surface area contributed by atoms with Gasteiger partial charge in [-0.05, 0) is 44.1 Å². The molecule has 4 nitrogen and oxygen atoms in total. The number of hydrogen-bond donors (Lipinski definition) is 2. The molecule has 2 N–H and O–H groups in total. The molecule has 2 fully saturated rings. The SMILES string of the molecule is Cc1cc(C)cc(C(NC(=O)C2C3CCCC32)C(=O)O)c1. The monoisotopic (exact) mass is 287 g/mol. The number of amides is 1. The normalized spacial score (nSPS) is 27.8. The average Bonchev–Trinajstić information content (AvgIpc) is 2.87. The fourth-order valence-corrected chi connectivity index (χ4v) is 3.91. The van der Waals surface area contributed by atoms with Gasteiger partial charge in [-0.25, -0.2) is 4.79 Å². The van der Waals surface area contributed by atoms with E-state index >= 15 is 0 Å². The van der Waals surface area contributed by atoms with Crippen molar-refractivity contribution in [3.05, 3.63) is 34.9 Å². The van der Waals surface area contributed by atoms with Crippen LogP contribution in [0.4, 0.5) is 0 Å². The number of nitrogens with one attached hydrogen (secondary N) is 1. The Hall–Kier alpha value is -1.84. The van der Waals surface area contributed by atoms with Crippen molar-refractivity contribution >= 4 is 11.9 Å². The quantitative estimate of drug-likeness (QED) is 0.894. The lowest BCUT2D eigenvalue weighted by Crippen LogP contribution is -2.35. The molecule has 0 bridgehead atoms. The van der Waals surface area contributed by atoms with Crippen LogP contribution in [-0.2, 0) is 9.59 Å². The molecule has 0 aromatic heterocycles. The first-order chi connectivity index (χ1) is 9.97. The number of fused-ring (bicyclic) bond motifs is 1. The topological polar surface area (TPSA) is 66.4 Å². The maximum absolute atomic E-state index is 12.3. The van der Waals surface area contributed by atoms with Crippen molar-refractivity contribution in [3.8, 4) is 0 Å². The molecule has 3 unspecified atom stereocenters. The highest BCUT2D eigenvalue weighted by molar-refractivity contribution is 5.88. The molecule has 21 heavy (non-hydrogen) atoms. The van der Waals surface area contributed by atoms with Crippen molar-refractivity contribution < 1.29 is 14.7 Å². The Morgan fingerprint density at radius 3 is 2.24 bits per heavy atom. The number of carboxylic acids is 1. The molecule has 0 heterocycles. The smallest absolute Gasteiger partial charge is 0.330 e. The maximum atomic E-state index is 12.3. The van der Waals surface area contributed by atoms with Gasteiger partial charge < -0.3 is 10.4 Å². The van der Waals surface area contributed by atoms with Crippen LogP contribution >= 0.6 is 0 Å². The molecule has 0 spiro atoms. The van der Waals surface area contributed by atoms with E-state index in [-0.39, 0.29) is 11.8 Å². The Morgan fingerprint density at radius 1 is 1.14 bits per heavy atom. The molecule has 2 saturated carbocycles. The molecule has 3 atom stereocenters. The highest BCUT2D eigenvalue weighted by Crippen LogP contribution is 2.57. The highest BCUT2D eigenvalue weighted by Gasteiger charge is 2.56. The molecule has 1 aromatic carbocycles. The third kappa shape index (κ3) is 2.67. The number of rotatable bonds is 4. The van der Waals surface area contributed by atoms with Crippen LogP contribution in [0, 0.1) is 31.6 Å². The van der Waals surface area contributed by atoms with Crippen LogP contribution in [0.3, 0.4) is 0 Å². The van der Waals surface area contributed by atoms with E-state index in [1.54, 1.807) is 0 Å². The standard InChI is InChI=1S/C17H21NO3/c1-9-6-10(2)8-11(7-9)15(17(20)21)18-16(19)14-12-4-3-5-13(12)14/h6-8,12-15H,3-5H2,1-2H3,(H,18,19)(H,20,21). The first kappa shape index (κ1) is 14.1. The zero-order chi connectivity index (χ0) is 15.1. The van der Waals surface area contributed by atoms with E-state index in [0.717, 1.165) is 24.0 Å². The van der Waals surface area contributed by atoms with Crippen LogP contribution < -0.4 is 5.32 Å². The van der Waals surface area contributed by atoms with Crippen molar-refractivity contribution in [1.82, 2.24) is 5.32 Å². The lowest BCUT2D eigenvalue weighted by molar-refractivity contribution is -0.142. The molecular formula is C17H21NO3. The predicted octanol–water partition coefficient (Wildman–Crippen LogP) is 2.59. The third-order valence-electron chi connectivity index (χ3n) is 4.82. The van der Waals surface area contributed by atoms with Crippen LogP contribution in [0.15, 0.2) is 18.2 Å². The Labute approximate surface area is 124 Å². The number of carbonyl (C=O) groups excluding carboxylic acids is 1. The summed E-state index contributed by atoms with van der Waals surface area (Å²) >= 11 is 0. The summed E-state index contributed by atoms with van der Waals surface area (Å²) in [5.74, 6) is -0.0423. The molecule has 0 aliphatic heterocycles. The van der Waals surface area contributed by atoms with Gasteiger partial charge >= 0.3 is 5.97 Å². The second-order valence-corrected chi connectivity index (χ2v) is 6.49. The Balaban J connectivity index is 1.76. The van der Waals surface area contributed by atoms with Crippen LogP contribution in [0.5, 0.6) is 0 Å². The molecule has 2 aliphatic carbocycles. The Morgan fingerprint density at radius 2 is 1.71 bits per heavy atom. The largest absolute Gasteiger partial charge is 0.479 e. The number of carbonyl (C=O) groups is 2. The van der Waals surface area contributed by atoms with Gasteiger partial charge in [0.15, 0.2) is 6.04 Å². The number of aliphatic carboxylic acids is 1. The summed E-state index contributed by atoms with van der Waals surface area (Å²) in [5, 5.41) is 12.2. The van der Waals surface area contributed by atoms with Gasteiger partial charge in [0.1, 0.15) is 0 Å². The molecule has 1 aromatic rings. The second-order valence-electron chi connectivity index (χ2n) is 6.49. The average molecular weight is 287 g/mol. The van der Waals surface area contributed by atoms with E-state index in [0.29, 0.717) is 17.4 Å². The van der Waals surface area contributed by atoms with Gasteiger partial charge in [0.05, 0.1) is 0 Å². The van der Waals surface area contributed by atoms with E-state index in [1.165, 1.54) is 6.42 Å². The number of hydrogen-bond acceptors (Lipinski definition) is 2. The van der Waals surface area contributed by atoms with Crippen molar-refractivity contribution in [3.63, 3.8) is 0 Å². The Bertz CT molecular complexity index is 565. The zero-order valence-corrected chi connectivity index (χ0v) is 12.4. The summed E-state index contributed by atoms with van der Waals surface area (Å²) in [6, 6.07) is 4.71. The molecule has 2 aliphatic rings. The van der Waals surface area contributed by atoms with Crippen LogP contribution in [-0.4, -0.2) is 17.0 Å². The molecule has 112 valence electrons. The van der Waals surface area contributed by atoms with E-state index in [1.807, 2.05) is 32.0 Å². The van der Waals surface area contributed by atoms with Crippen molar-refractivity contribution in [2.24, 2.45) is 17.8 Å². The minimum absolute atomic E-state index is 0.0477. The van der Waals surface area contributed by atoms with E-state index in [4.69, 9.17) is 0 Å². The minimum Gasteiger partial charge on any atom is -0.479 e. The lowest BCUT2D eigenvalue weighted by atomic mass is 10.0. The first-order valence-corrected chi connectivity index (χ1v) is 7.59. The summed E-state index contributed by atoms with van der Waals surface area (Å²) in [4.78, 5) is 23.8. The lowest BCUT2D eigenvalue weighted by Gasteiger charge is -2.17. The number of carboxylic acid groups (broad SMARTS) is 1. The summed E-state index contributed by atoms with van der Waals surface area (Å²) in [6.45, 7) is 3.87. The van der Waals surface area contributed by atoms with E-state index in [9.17, 15) is 14.7 Å². The highest BCUT2D eigenvalue weighted by atomic mass is 16.4. The van der Waals surface area contributed by atoms with Gasteiger partial charge in [-0.15, -0.1) is 0 Å². The molecule has 3 rings (SSSR count). The van der Waals surface area contributed by atoms with Crippen LogP contribution in [0.1, 0.15) is 42.0 Å². The minimum atomic E-state index is -1.00. The van der Waals surface area contributed by atoms with Crippen molar-refractivity contribution in [2.45, 2.75) is 39.2 Å². The third-order valence-corrected chi connectivity index (χ3v) is 4.82. The molecule has 1 amide bonds. The first-order valence-electron chi connectivity index (χ1n) is 7.59. The summed E-state index contributed by atoms with van der Waals surface area (Å²) in [5.41, 5.74) is 2.67. The maximum Gasteiger partial charge on any atom is 0.330 e.